The van der Waals surface area contributed by atoms with Crippen LogP contribution in [-0.2, 0) is 24.2 Å². The third-order valence-corrected chi connectivity index (χ3v) is 5.16. The number of carboxylic acids is 1. The van der Waals surface area contributed by atoms with Crippen LogP contribution in [0.1, 0.15) is 27.3 Å². The van der Waals surface area contributed by atoms with Crippen molar-refractivity contribution >= 4 is 33.7 Å². The average Bonchev–Trinajstić information content (AvgIpc) is 3.11. The summed E-state index contributed by atoms with van der Waals surface area (Å²) >= 11 is 0. The van der Waals surface area contributed by atoms with Gasteiger partial charge in [-0.15, -0.1) is 0 Å². The summed E-state index contributed by atoms with van der Waals surface area (Å²) in [4.78, 5) is 20.5. The number of imidazole rings is 1. The lowest BCUT2D eigenvalue weighted by atomic mass is 10.1. The molecule has 8 nitrogen and oxygen atoms in total. The third kappa shape index (κ3) is 3.58. The zero-order valence-corrected chi connectivity index (χ0v) is 16.6. The van der Waals surface area contributed by atoms with Gasteiger partial charge in [0.15, 0.2) is 5.82 Å². The van der Waals surface area contributed by atoms with E-state index in [2.05, 4.69) is 9.55 Å². The number of nitrogens with two attached hydrogens (primary N) is 2. The molecule has 0 saturated carbocycles. The first kappa shape index (κ1) is 19.8. The van der Waals surface area contributed by atoms with Gasteiger partial charge in [0.05, 0.1) is 23.2 Å². The van der Waals surface area contributed by atoms with Crippen molar-refractivity contribution in [3.05, 3.63) is 65.0 Å². The highest BCUT2D eigenvalue weighted by atomic mass is 16.5. The molecule has 30 heavy (non-hydrogen) atoms. The number of benzene rings is 2. The number of nitrogens with zero attached hydrogens (tertiary/aromatic N) is 3. The highest BCUT2D eigenvalue weighted by Crippen LogP contribution is 2.30. The summed E-state index contributed by atoms with van der Waals surface area (Å²) in [5.74, 6) is 0.0978. The number of methoxy groups -OCH3 is 1. The molecule has 154 valence electrons. The first-order valence-electron chi connectivity index (χ1n) is 9.60. The van der Waals surface area contributed by atoms with Crippen LogP contribution in [0.25, 0.3) is 21.9 Å². The Labute approximate surface area is 173 Å². The summed E-state index contributed by atoms with van der Waals surface area (Å²) in [5.41, 5.74) is 16.2. The quantitative estimate of drug-likeness (QED) is 0.431. The molecule has 0 fully saturated rings. The monoisotopic (exact) mass is 405 g/mol. The van der Waals surface area contributed by atoms with Gasteiger partial charge in [-0.3, -0.25) is 0 Å². The minimum Gasteiger partial charge on any atom is -0.478 e. The molecule has 0 bridgehead atoms. The molecule has 2 heterocycles. The number of aromatic nitrogens is 3. The maximum Gasteiger partial charge on any atom is 0.335 e. The third-order valence-electron chi connectivity index (χ3n) is 5.16. The molecular formula is C22H23N5O3. The molecule has 0 unspecified atom stereocenters. The predicted octanol–water partition coefficient (Wildman–Crippen LogP) is 2.56. The minimum atomic E-state index is -1.01. The van der Waals surface area contributed by atoms with Crippen molar-refractivity contribution in [3.8, 4) is 0 Å². The number of aromatic carboxylic acids is 1. The zero-order valence-electron chi connectivity index (χ0n) is 16.6. The number of fused-ring (bicyclic) bond motifs is 3. The summed E-state index contributed by atoms with van der Waals surface area (Å²) in [5, 5.41) is 10.1. The Balaban J connectivity index is 1.93. The zero-order chi connectivity index (χ0) is 21.3. The van der Waals surface area contributed by atoms with Gasteiger partial charge in [0.2, 0.25) is 0 Å². The van der Waals surface area contributed by atoms with E-state index in [4.69, 9.17) is 21.2 Å². The first-order chi connectivity index (χ1) is 14.5. The number of anilines is 1. The van der Waals surface area contributed by atoms with E-state index in [1.54, 1.807) is 19.2 Å². The van der Waals surface area contributed by atoms with Crippen LogP contribution in [0.5, 0.6) is 0 Å². The fourth-order valence-electron chi connectivity index (χ4n) is 3.61. The molecule has 5 N–H and O–H groups in total. The summed E-state index contributed by atoms with van der Waals surface area (Å²) in [6.45, 7) is 1.59. The van der Waals surface area contributed by atoms with Crippen molar-refractivity contribution in [1.82, 2.24) is 14.5 Å². The van der Waals surface area contributed by atoms with Crippen LogP contribution in [0.2, 0.25) is 0 Å². The Morgan fingerprint density at radius 2 is 1.87 bits per heavy atom. The lowest BCUT2D eigenvalue weighted by molar-refractivity contribution is 0.0697. The van der Waals surface area contributed by atoms with Crippen molar-refractivity contribution in [2.45, 2.75) is 19.5 Å². The standard InChI is InChI=1S/C22H23N5O3/c1-30-9-8-18-26-19-20(27(18)12-14-4-2-13(11-23)3-5-14)16-7-6-15(22(28)29)10-17(16)25-21(19)24/h2-7,10H,8-9,11-12,23H2,1H3,(H2,24,25)(H,28,29). The highest BCUT2D eigenvalue weighted by molar-refractivity contribution is 6.08. The molecule has 0 aliphatic carbocycles. The Morgan fingerprint density at radius 1 is 1.13 bits per heavy atom. The number of pyridine rings is 1. The van der Waals surface area contributed by atoms with Gasteiger partial charge in [-0.05, 0) is 29.3 Å². The van der Waals surface area contributed by atoms with Gasteiger partial charge >= 0.3 is 5.97 Å². The van der Waals surface area contributed by atoms with Crippen molar-refractivity contribution in [1.29, 1.82) is 0 Å². The number of hydrogen-bond acceptors (Lipinski definition) is 6. The van der Waals surface area contributed by atoms with Crippen molar-refractivity contribution in [2.24, 2.45) is 5.73 Å². The van der Waals surface area contributed by atoms with Gasteiger partial charge in [0.25, 0.3) is 0 Å². The van der Waals surface area contributed by atoms with E-state index in [9.17, 15) is 9.90 Å². The Bertz CT molecular complexity index is 1230. The number of carboxylic acid groups (broad SMARTS) is 1. The number of carbonyl (C=O) groups is 1. The Kier molecular flexibility index (Phi) is 5.35. The normalized spacial score (nSPS) is 11.4. The lowest BCUT2D eigenvalue weighted by Gasteiger charge is -2.12. The van der Waals surface area contributed by atoms with E-state index in [1.807, 2.05) is 24.3 Å². The van der Waals surface area contributed by atoms with Gasteiger partial charge in [0.1, 0.15) is 11.3 Å². The highest BCUT2D eigenvalue weighted by Gasteiger charge is 2.18. The molecule has 0 aliphatic heterocycles. The minimum absolute atomic E-state index is 0.164. The SMILES string of the molecule is COCCc1nc2c(N)nc3cc(C(=O)O)ccc3c2n1Cc1ccc(CN)cc1. The van der Waals surface area contributed by atoms with Crippen molar-refractivity contribution in [2.75, 3.05) is 19.5 Å². The summed E-state index contributed by atoms with van der Waals surface area (Å²) in [7, 11) is 1.65. The smallest absolute Gasteiger partial charge is 0.335 e. The second-order valence-corrected chi connectivity index (χ2v) is 7.11. The molecular weight excluding hydrogens is 382 g/mol. The van der Waals surface area contributed by atoms with E-state index in [-0.39, 0.29) is 11.4 Å². The Hall–Kier alpha value is -3.49. The van der Waals surface area contributed by atoms with Crippen LogP contribution in [0.4, 0.5) is 5.82 Å². The second kappa shape index (κ2) is 8.10. The van der Waals surface area contributed by atoms with Crippen molar-refractivity contribution in [3.63, 3.8) is 0 Å². The van der Waals surface area contributed by atoms with Crippen LogP contribution in [-0.4, -0.2) is 39.3 Å². The lowest BCUT2D eigenvalue weighted by Crippen LogP contribution is -2.08. The average molecular weight is 405 g/mol. The number of hydrogen-bond donors (Lipinski definition) is 3. The number of ether oxygens (including phenoxy) is 1. The summed E-state index contributed by atoms with van der Waals surface area (Å²) < 4.78 is 7.36. The molecule has 0 radical (unpaired) electrons. The largest absolute Gasteiger partial charge is 0.478 e. The van der Waals surface area contributed by atoms with E-state index in [0.29, 0.717) is 37.2 Å². The predicted molar refractivity (Wildman–Crippen MR) is 115 cm³/mol. The second-order valence-electron chi connectivity index (χ2n) is 7.11. The molecule has 0 aliphatic rings. The first-order valence-corrected chi connectivity index (χ1v) is 9.60. The molecule has 2 aromatic heterocycles. The molecule has 0 amide bonds. The van der Waals surface area contributed by atoms with Gasteiger partial charge in [-0.2, -0.15) is 0 Å². The summed E-state index contributed by atoms with van der Waals surface area (Å²) in [6, 6.07) is 13.0. The van der Waals surface area contributed by atoms with E-state index in [0.717, 1.165) is 27.9 Å². The van der Waals surface area contributed by atoms with E-state index in [1.165, 1.54) is 6.07 Å². The molecule has 2 aromatic carbocycles. The maximum absolute atomic E-state index is 11.4. The topological polar surface area (TPSA) is 129 Å². The fraction of sp³-hybridized carbons (Fsp3) is 0.227. The molecule has 4 rings (SSSR count). The molecule has 4 aromatic rings. The van der Waals surface area contributed by atoms with Gasteiger partial charge in [0, 0.05) is 32.0 Å². The summed E-state index contributed by atoms with van der Waals surface area (Å²) in [6.07, 6.45) is 0.611. The fourth-order valence-corrected chi connectivity index (χ4v) is 3.61. The van der Waals surface area contributed by atoms with Crippen LogP contribution in [0.3, 0.4) is 0 Å². The van der Waals surface area contributed by atoms with Crippen LogP contribution in [0, 0.1) is 0 Å². The molecule has 0 atom stereocenters. The number of rotatable bonds is 7. The molecule has 8 heteroatoms. The van der Waals surface area contributed by atoms with E-state index >= 15 is 0 Å². The number of nitrogen functional groups attached to an aromatic ring is 1. The molecule has 0 saturated heterocycles. The Morgan fingerprint density at radius 3 is 2.53 bits per heavy atom. The maximum atomic E-state index is 11.4. The van der Waals surface area contributed by atoms with Crippen LogP contribution >= 0.6 is 0 Å². The van der Waals surface area contributed by atoms with Gasteiger partial charge < -0.3 is 25.9 Å². The van der Waals surface area contributed by atoms with Gasteiger partial charge in [-0.1, -0.05) is 24.3 Å². The van der Waals surface area contributed by atoms with Crippen LogP contribution < -0.4 is 11.5 Å². The molecule has 0 spiro atoms. The van der Waals surface area contributed by atoms with Crippen LogP contribution in [0.15, 0.2) is 42.5 Å². The van der Waals surface area contributed by atoms with Gasteiger partial charge in [-0.25, -0.2) is 14.8 Å². The van der Waals surface area contributed by atoms with E-state index < -0.39 is 5.97 Å². The van der Waals surface area contributed by atoms with Crippen molar-refractivity contribution < 1.29 is 14.6 Å².